The lowest BCUT2D eigenvalue weighted by atomic mass is 10.2. The first-order valence-electron chi connectivity index (χ1n) is 7.85. The van der Waals surface area contributed by atoms with Gasteiger partial charge in [-0.05, 0) is 31.2 Å². The Hall–Kier alpha value is -2.59. The zero-order chi connectivity index (χ0) is 16.9. The van der Waals surface area contributed by atoms with Crippen molar-refractivity contribution in [2.75, 3.05) is 31.1 Å². The average molecular weight is 341 g/mol. The number of piperazine rings is 1. The van der Waals surface area contributed by atoms with Crippen molar-refractivity contribution in [3.63, 3.8) is 0 Å². The summed E-state index contributed by atoms with van der Waals surface area (Å²) in [6.07, 6.45) is 1.69. The fraction of sp³-hybridized carbons (Fsp3) is 0.353. The van der Waals surface area contributed by atoms with Crippen LogP contribution in [0, 0.1) is 18.3 Å². The van der Waals surface area contributed by atoms with Crippen molar-refractivity contribution >= 4 is 23.2 Å². The van der Waals surface area contributed by atoms with Gasteiger partial charge in [0, 0.05) is 42.1 Å². The van der Waals surface area contributed by atoms with Gasteiger partial charge in [-0.1, -0.05) is 0 Å². The van der Waals surface area contributed by atoms with E-state index in [2.05, 4.69) is 34.3 Å². The van der Waals surface area contributed by atoms with Gasteiger partial charge in [0.1, 0.15) is 11.9 Å². The van der Waals surface area contributed by atoms with Gasteiger partial charge >= 0.3 is 6.03 Å². The van der Waals surface area contributed by atoms with Crippen LogP contribution in [0.15, 0.2) is 30.5 Å². The topological polar surface area (TPSA) is 72.3 Å². The van der Waals surface area contributed by atoms with Crippen LogP contribution in [0.4, 0.5) is 10.6 Å². The van der Waals surface area contributed by atoms with E-state index in [-0.39, 0.29) is 6.03 Å². The molecule has 0 spiro atoms. The van der Waals surface area contributed by atoms with Gasteiger partial charge in [-0.25, -0.2) is 9.78 Å². The minimum absolute atomic E-state index is 0.0396. The molecule has 0 atom stereocenters. The Kier molecular flexibility index (Phi) is 4.96. The Morgan fingerprint density at radius 2 is 2.12 bits per heavy atom. The van der Waals surface area contributed by atoms with Crippen LogP contribution in [0.2, 0.25) is 0 Å². The quantitative estimate of drug-likeness (QED) is 0.930. The van der Waals surface area contributed by atoms with Gasteiger partial charge in [-0.2, -0.15) is 5.26 Å². The van der Waals surface area contributed by atoms with E-state index in [1.54, 1.807) is 29.7 Å². The standard InChI is InChI=1S/C17H19N5OS/c1-13-4-5-15(24-13)12-20-17(23)22-9-7-21(8-10-22)16-14(11-18)3-2-6-19-16/h2-6H,7-10,12H2,1H3,(H,20,23). The van der Waals surface area contributed by atoms with Crippen LogP contribution in [-0.2, 0) is 6.54 Å². The van der Waals surface area contributed by atoms with Crippen LogP contribution in [0.3, 0.4) is 0 Å². The number of hydrogen-bond acceptors (Lipinski definition) is 5. The van der Waals surface area contributed by atoms with E-state index in [9.17, 15) is 10.1 Å². The van der Waals surface area contributed by atoms with Gasteiger partial charge in [0.25, 0.3) is 0 Å². The predicted molar refractivity (Wildman–Crippen MR) is 94.0 cm³/mol. The van der Waals surface area contributed by atoms with E-state index >= 15 is 0 Å². The summed E-state index contributed by atoms with van der Waals surface area (Å²) in [5.41, 5.74) is 0.573. The lowest BCUT2D eigenvalue weighted by molar-refractivity contribution is 0.194. The third kappa shape index (κ3) is 3.66. The molecule has 1 aliphatic rings. The van der Waals surface area contributed by atoms with Crippen LogP contribution in [-0.4, -0.2) is 42.1 Å². The van der Waals surface area contributed by atoms with E-state index in [0.29, 0.717) is 44.1 Å². The minimum atomic E-state index is -0.0396. The Labute approximate surface area is 145 Å². The summed E-state index contributed by atoms with van der Waals surface area (Å²) in [6.45, 7) is 5.22. The van der Waals surface area contributed by atoms with Crippen molar-refractivity contribution in [1.29, 1.82) is 5.26 Å². The number of aryl methyl sites for hydroxylation is 1. The number of nitrogens with one attached hydrogen (secondary N) is 1. The lowest BCUT2D eigenvalue weighted by Gasteiger charge is -2.35. The van der Waals surface area contributed by atoms with E-state index < -0.39 is 0 Å². The summed E-state index contributed by atoms with van der Waals surface area (Å²) in [5.74, 6) is 0.703. The first-order chi connectivity index (χ1) is 11.7. The molecule has 2 amide bonds. The van der Waals surface area contributed by atoms with Gasteiger partial charge in [0.2, 0.25) is 0 Å². The van der Waals surface area contributed by atoms with Gasteiger partial charge in [-0.15, -0.1) is 11.3 Å². The number of hydrogen-bond donors (Lipinski definition) is 1. The van der Waals surface area contributed by atoms with Gasteiger partial charge in [-0.3, -0.25) is 0 Å². The number of pyridine rings is 1. The summed E-state index contributed by atoms with van der Waals surface area (Å²) in [7, 11) is 0. The zero-order valence-electron chi connectivity index (χ0n) is 13.5. The van der Waals surface area contributed by atoms with Crippen molar-refractivity contribution in [2.24, 2.45) is 0 Å². The number of nitriles is 1. The SMILES string of the molecule is Cc1ccc(CNC(=O)N2CCN(c3ncccc3C#N)CC2)s1. The molecule has 0 saturated carbocycles. The maximum atomic E-state index is 12.3. The maximum absolute atomic E-state index is 12.3. The number of amides is 2. The first-order valence-corrected chi connectivity index (χ1v) is 8.67. The first kappa shape index (κ1) is 16.3. The fourth-order valence-corrected chi connectivity index (χ4v) is 3.54. The van der Waals surface area contributed by atoms with Crippen LogP contribution in [0.25, 0.3) is 0 Å². The van der Waals surface area contributed by atoms with Crippen molar-refractivity contribution < 1.29 is 4.79 Å². The monoisotopic (exact) mass is 341 g/mol. The summed E-state index contributed by atoms with van der Waals surface area (Å²) in [6, 6.07) is 9.77. The zero-order valence-corrected chi connectivity index (χ0v) is 14.3. The fourth-order valence-electron chi connectivity index (χ4n) is 2.71. The molecule has 0 unspecified atom stereocenters. The van der Waals surface area contributed by atoms with Gasteiger partial charge in [0.15, 0.2) is 0 Å². The Balaban J connectivity index is 1.53. The molecule has 7 heteroatoms. The van der Waals surface area contributed by atoms with E-state index in [1.165, 1.54) is 4.88 Å². The van der Waals surface area contributed by atoms with Gasteiger partial charge < -0.3 is 15.1 Å². The molecule has 3 rings (SSSR count). The number of aromatic nitrogens is 1. The van der Waals surface area contributed by atoms with Crippen LogP contribution >= 0.6 is 11.3 Å². The Morgan fingerprint density at radius 1 is 1.33 bits per heavy atom. The molecule has 1 fully saturated rings. The molecule has 124 valence electrons. The highest BCUT2D eigenvalue weighted by Gasteiger charge is 2.23. The normalized spacial score (nSPS) is 14.3. The Bertz CT molecular complexity index is 758. The summed E-state index contributed by atoms with van der Waals surface area (Å²) >= 11 is 1.70. The van der Waals surface area contributed by atoms with Crippen molar-refractivity contribution in [2.45, 2.75) is 13.5 Å². The second kappa shape index (κ2) is 7.32. The highest BCUT2D eigenvalue weighted by atomic mass is 32.1. The largest absolute Gasteiger partial charge is 0.352 e. The second-order valence-electron chi connectivity index (χ2n) is 5.63. The summed E-state index contributed by atoms with van der Waals surface area (Å²) < 4.78 is 0. The molecule has 0 aromatic carbocycles. The van der Waals surface area contributed by atoms with Crippen LogP contribution in [0.1, 0.15) is 15.3 Å². The molecular formula is C17H19N5OS. The molecule has 1 saturated heterocycles. The van der Waals surface area contributed by atoms with Crippen molar-refractivity contribution in [3.8, 4) is 6.07 Å². The van der Waals surface area contributed by atoms with Crippen molar-refractivity contribution in [3.05, 3.63) is 45.8 Å². The molecule has 0 radical (unpaired) electrons. The number of carbonyl (C=O) groups excluding carboxylic acids is 1. The number of carbonyl (C=O) groups is 1. The van der Waals surface area contributed by atoms with E-state index in [1.807, 2.05) is 11.0 Å². The predicted octanol–water partition coefficient (Wildman–Crippen LogP) is 2.36. The number of rotatable bonds is 3. The number of anilines is 1. The number of nitrogens with zero attached hydrogens (tertiary/aromatic N) is 4. The Morgan fingerprint density at radius 3 is 2.79 bits per heavy atom. The molecule has 2 aromatic heterocycles. The van der Waals surface area contributed by atoms with Crippen LogP contribution in [0.5, 0.6) is 0 Å². The van der Waals surface area contributed by atoms with Crippen LogP contribution < -0.4 is 10.2 Å². The lowest BCUT2D eigenvalue weighted by Crippen LogP contribution is -2.52. The molecular weight excluding hydrogens is 322 g/mol. The molecule has 3 heterocycles. The highest BCUT2D eigenvalue weighted by Crippen LogP contribution is 2.18. The van der Waals surface area contributed by atoms with E-state index in [4.69, 9.17) is 0 Å². The number of thiophene rings is 1. The van der Waals surface area contributed by atoms with Crippen molar-refractivity contribution in [1.82, 2.24) is 15.2 Å². The molecule has 0 bridgehead atoms. The second-order valence-corrected chi connectivity index (χ2v) is 7.00. The highest BCUT2D eigenvalue weighted by molar-refractivity contribution is 7.11. The van der Waals surface area contributed by atoms with E-state index in [0.717, 1.165) is 4.88 Å². The summed E-state index contributed by atoms with van der Waals surface area (Å²) in [4.78, 5) is 22.9. The molecule has 24 heavy (non-hydrogen) atoms. The third-order valence-electron chi connectivity index (χ3n) is 3.98. The molecule has 2 aromatic rings. The van der Waals surface area contributed by atoms with Gasteiger partial charge in [0.05, 0.1) is 12.1 Å². The molecule has 1 N–H and O–H groups in total. The average Bonchev–Trinajstić information content (AvgIpc) is 3.05. The third-order valence-corrected chi connectivity index (χ3v) is 4.98. The molecule has 1 aliphatic heterocycles. The minimum Gasteiger partial charge on any atom is -0.352 e. The maximum Gasteiger partial charge on any atom is 0.317 e. The smallest absolute Gasteiger partial charge is 0.317 e. The summed E-state index contributed by atoms with van der Waals surface area (Å²) in [5, 5.41) is 12.1. The number of urea groups is 1. The molecule has 0 aliphatic carbocycles. The molecule has 6 nitrogen and oxygen atoms in total.